The highest BCUT2D eigenvalue weighted by Crippen LogP contribution is 2.29. The average Bonchev–Trinajstić information content (AvgIpc) is 2.47. The van der Waals surface area contributed by atoms with Gasteiger partial charge < -0.3 is 0 Å². The van der Waals surface area contributed by atoms with Gasteiger partial charge >= 0.3 is 0 Å². The molecule has 0 fully saturated rings. The third kappa shape index (κ3) is 6.81. The topological polar surface area (TPSA) is 17.1 Å². The number of benzene rings is 1. The van der Waals surface area contributed by atoms with Crippen LogP contribution in [0.5, 0.6) is 0 Å². The molecule has 1 rings (SSSR count). The number of hydrogen-bond acceptors (Lipinski definition) is 1. The van der Waals surface area contributed by atoms with Crippen molar-refractivity contribution >= 4 is 11.4 Å². The number of ketones is 1. The van der Waals surface area contributed by atoms with Crippen molar-refractivity contribution in [3.63, 3.8) is 0 Å². The second-order valence-corrected chi connectivity index (χ2v) is 6.52. The molecule has 0 aliphatic rings. The molecule has 0 aromatic heterocycles. The van der Waals surface area contributed by atoms with E-state index in [1.165, 1.54) is 5.57 Å². The van der Waals surface area contributed by atoms with Crippen molar-refractivity contribution in [3.8, 4) is 0 Å². The van der Waals surface area contributed by atoms with Gasteiger partial charge in [0.25, 0.3) is 0 Å². The first kappa shape index (κ1) is 21.1. The molecule has 1 aromatic rings. The second kappa shape index (κ2) is 9.29. The van der Waals surface area contributed by atoms with E-state index in [-0.39, 0.29) is 11.2 Å². The van der Waals surface area contributed by atoms with E-state index in [4.69, 9.17) is 0 Å². The van der Waals surface area contributed by atoms with Crippen LogP contribution in [0, 0.1) is 12.3 Å². The summed E-state index contributed by atoms with van der Waals surface area (Å²) in [6, 6.07) is 5.91. The first-order chi connectivity index (χ1) is 10.6. The Kier molecular flexibility index (Phi) is 8.53. The maximum Gasteiger partial charge on any atom is 0.159 e. The first-order valence-corrected chi connectivity index (χ1v) is 8.32. The van der Waals surface area contributed by atoms with Crippen LogP contribution in [0.15, 0.2) is 48.6 Å². The number of allylic oxidation sites excluding steroid dienone is 5. The fourth-order valence-corrected chi connectivity index (χ4v) is 2.14. The van der Waals surface area contributed by atoms with Crippen molar-refractivity contribution in [1.82, 2.24) is 0 Å². The molecular weight excluding hydrogens is 280 g/mol. The molecular formula is C22H32O. The summed E-state index contributed by atoms with van der Waals surface area (Å²) in [5.74, 6) is 0.0845. The van der Waals surface area contributed by atoms with E-state index < -0.39 is 0 Å². The predicted molar refractivity (Wildman–Crippen MR) is 104 cm³/mol. The fraction of sp³-hybridized carbons (Fsp3) is 0.409. The molecule has 1 nitrogen and oxygen atoms in total. The Bertz CT molecular complexity index is 607. The van der Waals surface area contributed by atoms with Crippen molar-refractivity contribution in [2.45, 2.75) is 55.4 Å². The summed E-state index contributed by atoms with van der Waals surface area (Å²) >= 11 is 0. The Labute approximate surface area is 142 Å². The largest absolute Gasteiger partial charge is 0.295 e. The summed E-state index contributed by atoms with van der Waals surface area (Å²) in [7, 11) is 0. The Morgan fingerprint density at radius 1 is 1.09 bits per heavy atom. The van der Waals surface area contributed by atoms with Crippen LogP contribution in [-0.2, 0) is 0 Å². The van der Waals surface area contributed by atoms with Crippen molar-refractivity contribution in [2.24, 2.45) is 5.41 Å². The molecule has 0 amide bonds. The molecule has 0 aliphatic carbocycles. The maximum absolute atomic E-state index is 11.6. The minimum absolute atomic E-state index is 0.0582. The summed E-state index contributed by atoms with van der Waals surface area (Å²) in [4.78, 5) is 11.6. The molecule has 0 saturated heterocycles. The van der Waals surface area contributed by atoms with Crippen molar-refractivity contribution in [2.75, 3.05) is 0 Å². The van der Waals surface area contributed by atoms with Gasteiger partial charge in [0.1, 0.15) is 0 Å². The zero-order valence-corrected chi connectivity index (χ0v) is 16.1. The van der Waals surface area contributed by atoms with E-state index in [0.717, 1.165) is 22.3 Å². The van der Waals surface area contributed by atoms with Crippen molar-refractivity contribution in [3.05, 3.63) is 65.3 Å². The van der Waals surface area contributed by atoms with E-state index in [0.29, 0.717) is 0 Å². The number of Topliss-reactive ketones (excluding diaryl/α,β-unsaturated/α-hetero) is 1. The van der Waals surface area contributed by atoms with Crippen molar-refractivity contribution in [1.29, 1.82) is 0 Å². The van der Waals surface area contributed by atoms with Gasteiger partial charge in [-0.25, -0.2) is 0 Å². The lowest BCUT2D eigenvalue weighted by Crippen LogP contribution is -2.07. The Morgan fingerprint density at radius 2 is 1.61 bits per heavy atom. The van der Waals surface area contributed by atoms with Gasteiger partial charge in [-0.3, -0.25) is 4.79 Å². The third-order valence-corrected chi connectivity index (χ3v) is 3.40. The highest BCUT2D eigenvalue weighted by atomic mass is 16.1. The van der Waals surface area contributed by atoms with Crippen LogP contribution in [0.2, 0.25) is 0 Å². The van der Waals surface area contributed by atoms with Gasteiger partial charge in [-0.2, -0.15) is 0 Å². The molecule has 0 heterocycles. The summed E-state index contributed by atoms with van der Waals surface area (Å²) in [6.07, 6.45) is 6.27. The summed E-state index contributed by atoms with van der Waals surface area (Å²) < 4.78 is 0. The fourth-order valence-electron chi connectivity index (χ4n) is 2.14. The van der Waals surface area contributed by atoms with E-state index >= 15 is 0 Å². The van der Waals surface area contributed by atoms with E-state index in [9.17, 15) is 4.79 Å². The van der Waals surface area contributed by atoms with Crippen LogP contribution < -0.4 is 0 Å². The van der Waals surface area contributed by atoms with Crippen LogP contribution in [-0.4, -0.2) is 5.78 Å². The zero-order chi connectivity index (χ0) is 18.2. The van der Waals surface area contributed by atoms with E-state index in [1.54, 1.807) is 6.92 Å². The van der Waals surface area contributed by atoms with Gasteiger partial charge in [-0.15, -0.1) is 0 Å². The van der Waals surface area contributed by atoms with Crippen LogP contribution in [0.3, 0.4) is 0 Å². The Balaban J connectivity index is 0.00000232. The van der Waals surface area contributed by atoms with Crippen LogP contribution in [0.4, 0.5) is 0 Å². The van der Waals surface area contributed by atoms with E-state index in [2.05, 4.69) is 45.6 Å². The smallest absolute Gasteiger partial charge is 0.159 e. The lowest BCUT2D eigenvalue weighted by atomic mass is 9.84. The molecule has 0 N–H and O–H groups in total. The van der Waals surface area contributed by atoms with E-state index in [1.807, 2.05) is 45.9 Å². The Hall–Kier alpha value is -1.89. The van der Waals surface area contributed by atoms with Gasteiger partial charge in [0.15, 0.2) is 5.78 Å². The molecule has 23 heavy (non-hydrogen) atoms. The second-order valence-electron chi connectivity index (χ2n) is 6.52. The van der Waals surface area contributed by atoms with Gasteiger partial charge in [-0.1, -0.05) is 65.5 Å². The van der Waals surface area contributed by atoms with Crippen LogP contribution in [0.1, 0.15) is 70.0 Å². The van der Waals surface area contributed by atoms with Crippen LogP contribution in [0.25, 0.3) is 5.57 Å². The lowest BCUT2D eigenvalue weighted by Gasteiger charge is -2.21. The highest BCUT2D eigenvalue weighted by Gasteiger charge is 2.15. The SMILES string of the molecule is C=C(/C=C(\C=C/C)C(C)(C)C)c1cc(C)cc(C(C)=O)c1.CC. The molecule has 0 spiro atoms. The number of carbonyl (C=O) groups excluding carboxylic acids is 1. The zero-order valence-electron chi connectivity index (χ0n) is 16.1. The number of carbonyl (C=O) groups is 1. The van der Waals surface area contributed by atoms with Crippen molar-refractivity contribution < 1.29 is 4.79 Å². The summed E-state index contributed by atoms with van der Waals surface area (Å²) in [5, 5.41) is 0. The Morgan fingerprint density at radius 3 is 2.04 bits per heavy atom. The number of aryl methyl sites for hydroxylation is 1. The molecule has 126 valence electrons. The molecule has 0 unspecified atom stereocenters. The minimum atomic E-state index is 0.0582. The summed E-state index contributed by atoms with van der Waals surface area (Å²) in [5.41, 5.74) is 5.04. The number of rotatable bonds is 4. The lowest BCUT2D eigenvalue weighted by molar-refractivity contribution is 0.101. The molecule has 0 bridgehead atoms. The quantitative estimate of drug-likeness (QED) is 0.442. The molecule has 1 heteroatoms. The van der Waals surface area contributed by atoms with Gasteiger partial charge in [0.2, 0.25) is 0 Å². The molecule has 1 aromatic carbocycles. The third-order valence-electron chi connectivity index (χ3n) is 3.40. The molecule has 0 atom stereocenters. The molecule has 0 saturated carbocycles. The van der Waals surface area contributed by atoms with Gasteiger partial charge in [0, 0.05) is 5.56 Å². The average molecular weight is 312 g/mol. The first-order valence-electron chi connectivity index (χ1n) is 8.32. The van der Waals surface area contributed by atoms with Gasteiger partial charge in [-0.05, 0) is 60.6 Å². The summed E-state index contributed by atoms with van der Waals surface area (Å²) in [6.45, 7) is 20.3. The minimum Gasteiger partial charge on any atom is -0.295 e. The maximum atomic E-state index is 11.6. The van der Waals surface area contributed by atoms with Gasteiger partial charge in [0.05, 0.1) is 0 Å². The number of hydrogen-bond donors (Lipinski definition) is 0. The monoisotopic (exact) mass is 312 g/mol. The molecule has 0 radical (unpaired) electrons. The highest BCUT2D eigenvalue weighted by molar-refractivity contribution is 5.95. The molecule has 0 aliphatic heterocycles. The predicted octanol–water partition coefficient (Wildman–Crippen LogP) is 6.79. The van der Waals surface area contributed by atoms with Crippen LogP contribution >= 0.6 is 0 Å². The normalized spacial score (nSPS) is 11.9. The standard InChI is InChI=1S/C20H26O.C2H6/c1-8-9-19(20(5,6)7)12-15(3)17-10-14(2)11-18(13-17)16(4)21;1-2/h8-13H,3H2,1-2,4-7H3;1-2H3/b9-8-,19-12+;.